The molecule has 0 aliphatic heterocycles. The van der Waals surface area contributed by atoms with E-state index in [2.05, 4.69) is 22.9 Å². The van der Waals surface area contributed by atoms with E-state index in [9.17, 15) is 5.11 Å². The Labute approximate surface area is 99.4 Å². The fourth-order valence-electron chi connectivity index (χ4n) is 1.28. The lowest BCUT2D eigenvalue weighted by molar-refractivity contribution is 0.269. The zero-order chi connectivity index (χ0) is 11.1. The Kier molecular flexibility index (Phi) is 5.54. The monoisotopic (exact) mass is 271 g/mol. The molecule has 1 radical (unpaired) electrons. The SMILES string of the molecule is CC(Br)CCCCOc1ccccc1[O]. The van der Waals surface area contributed by atoms with Gasteiger partial charge in [0.2, 0.25) is 5.75 Å². The van der Waals surface area contributed by atoms with Crippen molar-refractivity contribution in [1.82, 2.24) is 0 Å². The molecule has 1 aromatic carbocycles. The first-order valence-electron chi connectivity index (χ1n) is 5.23. The average molecular weight is 272 g/mol. The van der Waals surface area contributed by atoms with Gasteiger partial charge < -0.3 is 4.74 Å². The van der Waals surface area contributed by atoms with Crippen molar-refractivity contribution in [2.45, 2.75) is 31.0 Å². The molecule has 0 aromatic heterocycles. The third-order valence-electron chi connectivity index (χ3n) is 2.10. The molecule has 0 N–H and O–H groups in total. The Hall–Kier alpha value is -0.700. The van der Waals surface area contributed by atoms with Gasteiger partial charge in [0.1, 0.15) is 0 Å². The van der Waals surface area contributed by atoms with Gasteiger partial charge in [-0.05, 0) is 31.4 Å². The third-order valence-corrected chi connectivity index (χ3v) is 2.56. The van der Waals surface area contributed by atoms with E-state index >= 15 is 0 Å². The Morgan fingerprint density at radius 1 is 1.33 bits per heavy atom. The average Bonchev–Trinajstić information content (AvgIpc) is 2.20. The highest BCUT2D eigenvalue weighted by molar-refractivity contribution is 9.09. The van der Waals surface area contributed by atoms with Crippen molar-refractivity contribution < 1.29 is 9.84 Å². The second-order valence-electron chi connectivity index (χ2n) is 3.57. The van der Waals surface area contributed by atoms with Crippen LogP contribution < -0.4 is 4.74 Å². The van der Waals surface area contributed by atoms with Crippen molar-refractivity contribution in [2.75, 3.05) is 6.61 Å². The largest absolute Gasteiger partial charge is 0.489 e. The summed E-state index contributed by atoms with van der Waals surface area (Å²) in [6.45, 7) is 2.76. The molecular formula is C12H16BrO2. The predicted octanol–water partition coefficient (Wildman–Crippen LogP) is 4.16. The fourth-order valence-corrected chi connectivity index (χ4v) is 1.60. The summed E-state index contributed by atoms with van der Waals surface area (Å²) in [5, 5.41) is 11.3. The summed E-state index contributed by atoms with van der Waals surface area (Å²) in [5.74, 6) is 0.427. The maximum Gasteiger partial charge on any atom is 0.220 e. The highest BCUT2D eigenvalue weighted by Crippen LogP contribution is 2.25. The van der Waals surface area contributed by atoms with E-state index < -0.39 is 0 Å². The topological polar surface area (TPSA) is 29.1 Å². The number of unbranched alkanes of at least 4 members (excludes halogenated alkanes) is 1. The number of hydrogen-bond acceptors (Lipinski definition) is 1. The number of ether oxygens (including phenoxy) is 1. The van der Waals surface area contributed by atoms with Crippen molar-refractivity contribution in [3.63, 3.8) is 0 Å². The molecule has 0 amide bonds. The van der Waals surface area contributed by atoms with Crippen LogP contribution in [0.15, 0.2) is 24.3 Å². The Balaban J connectivity index is 2.18. The van der Waals surface area contributed by atoms with Crippen LogP contribution in [0.4, 0.5) is 0 Å². The van der Waals surface area contributed by atoms with Crippen molar-refractivity contribution in [3.05, 3.63) is 24.3 Å². The highest BCUT2D eigenvalue weighted by Gasteiger charge is 2.02. The first-order chi connectivity index (χ1) is 7.20. The van der Waals surface area contributed by atoms with Gasteiger partial charge in [0, 0.05) is 4.83 Å². The minimum atomic E-state index is -0.0358. The summed E-state index contributed by atoms with van der Waals surface area (Å²) in [7, 11) is 0. The van der Waals surface area contributed by atoms with Crippen molar-refractivity contribution in [2.24, 2.45) is 0 Å². The van der Waals surface area contributed by atoms with Crippen LogP contribution in [-0.4, -0.2) is 11.4 Å². The van der Waals surface area contributed by atoms with Gasteiger partial charge in [-0.25, -0.2) is 0 Å². The Bertz CT molecular complexity index is 287. The van der Waals surface area contributed by atoms with Crippen LogP contribution >= 0.6 is 15.9 Å². The van der Waals surface area contributed by atoms with Gasteiger partial charge in [-0.3, -0.25) is 5.11 Å². The number of halogens is 1. The highest BCUT2D eigenvalue weighted by atomic mass is 79.9. The van der Waals surface area contributed by atoms with Crippen LogP contribution in [0.2, 0.25) is 0 Å². The molecule has 1 aromatic rings. The van der Waals surface area contributed by atoms with Crippen LogP contribution in [0.1, 0.15) is 26.2 Å². The molecule has 0 saturated carbocycles. The number of para-hydroxylation sites is 2. The van der Waals surface area contributed by atoms with E-state index in [4.69, 9.17) is 4.74 Å². The molecule has 2 nitrogen and oxygen atoms in total. The minimum absolute atomic E-state index is 0.0358. The molecule has 0 saturated heterocycles. The first-order valence-corrected chi connectivity index (χ1v) is 6.14. The predicted molar refractivity (Wildman–Crippen MR) is 64.3 cm³/mol. The fraction of sp³-hybridized carbons (Fsp3) is 0.500. The zero-order valence-corrected chi connectivity index (χ0v) is 10.5. The molecule has 0 heterocycles. The molecule has 1 unspecified atom stereocenters. The van der Waals surface area contributed by atoms with Gasteiger partial charge in [-0.1, -0.05) is 35.0 Å². The second kappa shape index (κ2) is 6.72. The van der Waals surface area contributed by atoms with E-state index in [1.54, 1.807) is 12.1 Å². The minimum Gasteiger partial charge on any atom is -0.489 e. The van der Waals surface area contributed by atoms with Gasteiger partial charge in [-0.2, -0.15) is 0 Å². The maximum atomic E-state index is 11.3. The Morgan fingerprint density at radius 3 is 2.73 bits per heavy atom. The summed E-state index contributed by atoms with van der Waals surface area (Å²) < 4.78 is 5.39. The lowest BCUT2D eigenvalue weighted by Gasteiger charge is -2.06. The van der Waals surface area contributed by atoms with E-state index in [0.717, 1.165) is 19.3 Å². The summed E-state index contributed by atoms with van der Waals surface area (Å²) in [5.41, 5.74) is 0. The summed E-state index contributed by atoms with van der Waals surface area (Å²) in [6.07, 6.45) is 3.25. The van der Waals surface area contributed by atoms with E-state index in [1.165, 1.54) is 6.07 Å². The van der Waals surface area contributed by atoms with E-state index in [-0.39, 0.29) is 5.75 Å². The molecule has 1 atom stereocenters. The number of rotatable bonds is 6. The Morgan fingerprint density at radius 2 is 2.07 bits per heavy atom. The zero-order valence-electron chi connectivity index (χ0n) is 8.91. The van der Waals surface area contributed by atoms with E-state index in [1.807, 2.05) is 6.07 Å². The molecule has 83 valence electrons. The van der Waals surface area contributed by atoms with Crippen LogP contribution in [-0.2, 0) is 5.11 Å². The molecule has 15 heavy (non-hydrogen) atoms. The molecule has 3 heteroatoms. The van der Waals surface area contributed by atoms with Crippen LogP contribution in [0.5, 0.6) is 11.5 Å². The van der Waals surface area contributed by atoms with Gasteiger partial charge >= 0.3 is 0 Å². The summed E-state index contributed by atoms with van der Waals surface area (Å²) in [4.78, 5) is 0.560. The summed E-state index contributed by atoms with van der Waals surface area (Å²) >= 11 is 3.49. The van der Waals surface area contributed by atoms with Gasteiger partial charge in [-0.15, -0.1) is 0 Å². The number of hydrogen-bond donors (Lipinski definition) is 0. The van der Waals surface area contributed by atoms with Gasteiger partial charge in [0.25, 0.3) is 0 Å². The first kappa shape index (κ1) is 12.4. The molecule has 0 spiro atoms. The van der Waals surface area contributed by atoms with E-state index in [0.29, 0.717) is 17.2 Å². The van der Waals surface area contributed by atoms with Gasteiger partial charge in [0.15, 0.2) is 5.75 Å². The smallest absolute Gasteiger partial charge is 0.220 e. The van der Waals surface area contributed by atoms with Crippen molar-refractivity contribution in [1.29, 1.82) is 0 Å². The second-order valence-corrected chi connectivity index (χ2v) is 5.13. The van der Waals surface area contributed by atoms with Crippen LogP contribution in [0.3, 0.4) is 0 Å². The van der Waals surface area contributed by atoms with Gasteiger partial charge in [0.05, 0.1) is 6.61 Å². The van der Waals surface area contributed by atoms with Crippen LogP contribution in [0.25, 0.3) is 0 Å². The van der Waals surface area contributed by atoms with Crippen molar-refractivity contribution >= 4 is 15.9 Å². The third kappa shape index (κ3) is 5.07. The standard InChI is InChI=1S/C12H16BrO2/c1-10(13)6-4-5-9-15-12-8-3-2-7-11(12)14/h2-3,7-8,10H,4-6,9H2,1H3. The molecular weight excluding hydrogens is 256 g/mol. The lowest BCUT2D eigenvalue weighted by Crippen LogP contribution is -1.99. The molecule has 0 aliphatic carbocycles. The lowest BCUT2D eigenvalue weighted by atomic mass is 10.2. The maximum absolute atomic E-state index is 11.3. The van der Waals surface area contributed by atoms with Crippen LogP contribution in [0, 0.1) is 0 Å². The van der Waals surface area contributed by atoms with Crippen molar-refractivity contribution in [3.8, 4) is 11.5 Å². The molecule has 0 bridgehead atoms. The summed E-state index contributed by atoms with van der Waals surface area (Å²) in [6, 6.07) is 6.78. The molecule has 1 rings (SSSR count). The molecule has 0 fully saturated rings. The number of alkyl halides is 1. The number of benzene rings is 1. The quantitative estimate of drug-likeness (QED) is 0.564. The normalized spacial score (nSPS) is 12.4. The molecule has 0 aliphatic rings.